The van der Waals surface area contributed by atoms with Crippen LogP contribution in [0.5, 0.6) is 0 Å². The first kappa shape index (κ1) is 16.5. The Bertz CT molecular complexity index is 1130. The van der Waals surface area contributed by atoms with E-state index >= 15 is 0 Å². The van der Waals surface area contributed by atoms with Gasteiger partial charge in [0.15, 0.2) is 5.82 Å². The van der Waals surface area contributed by atoms with E-state index in [0.717, 1.165) is 22.5 Å². The molecule has 0 aliphatic carbocycles. The van der Waals surface area contributed by atoms with Crippen LogP contribution in [0.1, 0.15) is 17.0 Å². The number of nitrogens with one attached hydrogen (secondary N) is 2. The molecular weight excluding hydrogens is 346 g/mol. The Balaban J connectivity index is 1.54. The standard InChI is InChI=1S/C19H17N5OS/c1-11-6-8-13(9-7-11)17-22-19(24-23-17)26-10-15-20-16-12(2)4-3-5-14(16)18(25)21-15/h3-9H,10H2,1-2H3,(H,20,21,25)(H,22,23,24). The Morgan fingerprint density at radius 1 is 1.04 bits per heavy atom. The van der Waals surface area contributed by atoms with Gasteiger partial charge in [-0.2, -0.15) is 0 Å². The molecule has 0 unspecified atom stereocenters. The van der Waals surface area contributed by atoms with Crippen LogP contribution < -0.4 is 5.56 Å². The van der Waals surface area contributed by atoms with Crippen LogP contribution >= 0.6 is 11.8 Å². The number of hydrogen-bond donors (Lipinski definition) is 2. The second-order valence-corrected chi connectivity index (χ2v) is 7.05. The summed E-state index contributed by atoms with van der Waals surface area (Å²) in [6.45, 7) is 4.00. The lowest BCUT2D eigenvalue weighted by molar-refractivity contribution is 0.965. The van der Waals surface area contributed by atoms with E-state index in [-0.39, 0.29) is 5.56 Å². The molecule has 0 aliphatic rings. The molecule has 2 aromatic heterocycles. The Morgan fingerprint density at radius 2 is 1.85 bits per heavy atom. The van der Waals surface area contributed by atoms with Gasteiger partial charge >= 0.3 is 0 Å². The highest BCUT2D eigenvalue weighted by molar-refractivity contribution is 7.98. The van der Waals surface area contributed by atoms with E-state index in [1.54, 1.807) is 6.07 Å². The van der Waals surface area contributed by atoms with Crippen molar-refractivity contribution < 1.29 is 0 Å². The highest BCUT2D eigenvalue weighted by Gasteiger charge is 2.09. The van der Waals surface area contributed by atoms with Crippen molar-refractivity contribution in [2.45, 2.75) is 24.8 Å². The Labute approximate surface area is 154 Å². The van der Waals surface area contributed by atoms with Gasteiger partial charge < -0.3 is 4.98 Å². The molecule has 0 aliphatic heterocycles. The minimum Gasteiger partial charge on any atom is -0.309 e. The molecule has 0 saturated heterocycles. The summed E-state index contributed by atoms with van der Waals surface area (Å²) in [5.41, 5.74) is 3.79. The number of nitrogens with zero attached hydrogens (tertiary/aromatic N) is 3. The van der Waals surface area contributed by atoms with Crippen molar-refractivity contribution in [1.82, 2.24) is 25.1 Å². The van der Waals surface area contributed by atoms with Gasteiger partial charge in [-0.1, -0.05) is 53.7 Å². The van der Waals surface area contributed by atoms with Crippen molar-refractivity contribution in [1.29, 1.82) is 0 Å². The fourth-order valence-corrected chi connectivity index (χ4v) is 3.37. The summed E-state index contributed by atoms with van der Waals surface area (Å²) < 4.78 is 0. The molecule has 0 radical (unpaired) electrons. The third-order valence-electron chi connectivity index (χ3n) is 4.11. The Morgan fingerprint density at radius 3 is 2.65 bits per heavy atom. The number of aromatic nitrogens is 5. The quantitative estimate of drug-likeness (QED) is 0.541. The molecule has 0 spiro atoms. The fraction of sp³-hybridized carbons (Fsp3) is 0.158. The average Bonchev–Trinajstić information content (AvgIpc) is 3.10. The van der Waals surface area contributed by atoms with Gasteiger partial charge in [-0.25, -0.2) is 9.97 Å². The zero-order valence-electron chi connectivity index (χ0n) is 14.4. The zero-order valence-corrected chi connectivity index (χ0v) is 15.2. The van der Waals surface area contributed by atoms with Gasteiger partial charge in [0, 0.05) is 5.56 Å². The average molecular weight is 363 g/mol. The van der Waals surface area contributed by atoms with E-state index in [9.17, 15) is 4.79 Å². The van der Waals surface area contributed by atoms with Crippen LogP contribution in [0, 0.1) is 13.8 Å². The molecule has 0 fully saturated rings. The minimum atomic E-state index is -0.121. The maximum Gasteiger partial charge on any atom is 0.258 e. The third kappa shape index (κ3) is 3.25. The van der Waals surface area contributed by atoms with E-state index in [4.69, 9.17) is 0 Å². The van der Waals surface area contributed by atoms with Gasteiger partial charge in [-0.15, -0.1) is 5.10 Å². The van der Waals surface area contributed by atoms with Crippen LogP contribution in [0.15, 0.2) is 52.4 Å². The number of benzene rings is 2. The molecule has 0 atom stereocenters. The van der Waals surface area contributed by atoms with E-state index in [1.165, 1.54) is 17.3 Å². The SMILES string of the molecule is Cc1ccc(-c2nc(SCc3nc4c(C)cccc4c(=O)[nH]3)n[nH]2)cc1. The van der Waals surface area contributed by atoms with Crippen molar-refractivity contribution in [2.75, 3.05) is 0 Å². The summed E-state index contributed by atoms with van der Waals surface area (Å²) >= 11 is 1.43. The maximum absolute atomic E-state index is 12.2. The van der Waals surface area contributed by atoms with E-state index in [0.29, 0.717) is 22.1 Å². The van der Waals surface area contributed by atoms with Gasteiger partial charge in [0.1, 0.15) is 5.82 Å². The first-order valence-corrected chi connectivity index (χ1v) is 9.19. The second-order valence-electron chi connectivity index (χ2n) is 6.10. The minimum absolute atomic E-state index is 0.121. The summed E-state index contributed by atoms with van der Waals surface area (Å²) in [7, 11) is 0. The summed E-state index contributed by atoms with van der Waals surface area (Å²) in [5.74, 6) is 1.83. The Hall–Kier alpha value is -2.93. The van der Waals surface area contributed by atoms with Gasteiger partial charge in [0.05, 0.1) is 16.7 Å². The molecule has 0 amide bonds. The lowest BCUT2D eigenvalue weighted by atomic mass is 10.1. The van der Waals surface area contributed by atoms with Crippen LogP contribution in [0.4, 0.5) is 0 Å². The molecule has 0 saturated carbocycles. The number of para-hydroxylation sites is 1. The molecule has 4 rings (SSSR count). The van der Waals surface area contributed by atoms with Crippen LogP contribution in [-0.2, 0) is 5.75 Å². The Kier molecular flexibility index (Phi) is 4.30. The van der Waals surface area contributed by atoms with Crippen molar-refractivity contribution >= 4 is 22.7 Å². The van der Waals surface area contributed by atoms with E-state index < -0.39 is 0 Å². The summed E-state index contributed by atoms with van der Waals surface area (Å²) in [5, 5.41) is 8.42. The number of aromatic amines is 2. The maximum atomic E-state index is 12.2. The van der Waals surface area contributed by atoms with E-state index in [2.05, 4.69) is 25.1 Å². The van der Waals surface area contributed by atoms with Crippen LogP contribution in [0.2, 0.25) is 0 Å². The monoisotopic (exact) mass is 363 g/mol. The van der Waals surface area contributed by atoms with Crippen molar-refractivity contribution in [2.24, 2.45) is 0 Å². The lowest BCUT2D eigenvalue weighted by Gasteiger charge is -2.03. The highest BCUT2D eigenvalue weighted by atomic mass is 32.2. The third-order valence-corrected chi connectivity index (χ3v) is 4.97. The topological polar surface area (TPSA) is 87.3 Å². The molecule has 2 aromatic carbocycles. The van der Waals surface area contributed by atoms with Gasteiger partial charge in [-0.05, 0) is 25.5 Å². The zero-order chi connectivity index (χ0) is 18.1. The number of H-pyrrole nitrogens is 2. The summed E-state index contributed by atoms with van der Waals surface area (Å²) in [4.78, 5) is 24.2. The van der Waals surface area contributed by atoms with Gasteiger partial charge in [-0.3, -0.25) is 9.89 Å². The molecule has 2 N–H and O–H groups in total. The first-order chi connectivity index (χ1) is 12.6. The van der Waals surface area contributed by atoms with E-state index in [1.807, 2.05) is 50.2 Å². The molecule has 26 heavy (non-hydrogen) atoms. The molecule has 2 heterocycles. The summed E-state index contributed by atoms with van der Waals surface area (Å²) in [6.07, 6.45) is 0. The number of aryl methyl sites for hydroxylation is 2. The number of hydrogen-bond acceptors (Lipinski definition) is 5. The van der Waals surface area contributed by atoms with Gasteiger partial charge in [0.2, 0.25) is 5.16 Å². The second kappa shape index (κ2) is 6.76. The molecule has 6 nitrogen and oxygen atoms in total. The lowest BCUT2D eigenvalue weighted by Crippen LogP contribution is -2.11. The summed E-state index contributed by atoms with van der Waals surface area (Å²) in [6, 6.07) is 13.7. The van der Waals surface area contributed by atoms with Crippen molar-refractivity contribution in [3.05, 3.63) is 69.8 Å². The van der Waals surface area contributed by atoms with Crippen LogP contribution in [-0.4, -0.2) is 25.1 Å². The normalized spacial score (nSPS) is 11.2. The number of thioether (sulfide) groups is 1. The smallest absolute Gasteiger partial charge is 0.258 e. The molecular formula is C19H17N5OS. The fourth-order valence-electron chi connectivity index (χ4n) is 2.70. The first-order valence-electron chi connectivity index (χ1n) is 8.21. The van der Waals surface area contributed by atoms with Crippen molar-refractivity contribution in [3.63, 3.8) is 0 Å². The molecule has 7 heteroatoms. The predicted molar refractivity (Wildman–Crippen MR) is 103 cm³/mol. The molecule has 4 aromatic rings. The molecule has 0 bridgehead atoms. The number of fused-ring (bicyclic) bond motifs is 1. The van der Waals surface area contributed by atoms with Crippen LogP contribution in [0.3, 0.4) is 0 Å². The largest absolute Gasteiger partial charge is 0.309 e. The molecule has 130 valence electrons. The predicted octanol–water partition coefficient (Wildman–Crippen LogP) is 3.62. The van der Waals surface area contributed by atoms with Gasteiger partial charge in [0.25, 0.3) is 5.56 Å². The van der Waals surface area contributed by atoms with Crippen molar-refractivity contribution in [3.8, 4) is 11.4 Å². The number of rotatable bonds is 4. The highest BCUT2D eigenvalue weighted by Crippen LogP contribution is 2.22. The van der Waals surface area contributed by atoms with Crippen LogP contribution in [0.25, 0.3) is 22.3 Å².